The number of carbonyl (C=O) groups excluding carboxylic acids is 1. The van der Waals surface area contributed by atoms with Crippen LogP contribution in [-0.2, 0) is 4.79 Å². The van der Waals surface area contributed by atoms with Crippen LogP contribution in [0.3, 0.4) is 0 Å². The maximum absolute atomic E-state index is 13.0. The van der Waals surface area contributed by atoms with Crippen molar-refractivity contribution in [1.29, 1.82) is 0 Å². The first kappa shape index (κ1) is 25.7. The molecule has 8 nitrogen and oxygen atoms in total. The van der Waals surface area contributed by atoms with Gasteiger partial charge in [0.15, 0.2) is 5.82 Å². The second kappa shape index (κ2) is 11.1. The van der Waals surface area contributed by atoms with Crippen molar-refractivity contribution in [3.05, 3.63) is 87.7 Å². The summed E-state index contributed by atoms with van der Waals surface area (Å²) in [6, 6.07) is 7.17. The largest absolute Gasteiger partial charge is 0.403 e. The molecule has 1 aromatic carbocycles. The van der Waals surface area contributed by atoms with Gasteiger partial charge in [-0.3, -0.25) is 14.4 Å². The van der Waals surface area contributed by atoms with E-state index >= 15 is 0 Å². The molecule has 1 amide bonds. The first-order chi connectivity index (χ1) is 17.3. The van der Waals surface area contributed by atoms with Crippen LogP contribution in [0.2, 0.25) is 5.02 Å². The van der Waals surface area contributed by atoms with Crippen molar-refractivity contribution < 1.29 is 4.79 Å². The summed E-state index contributed by atoms with van der Waals surface area (Å²) >= 11 is 7.86. The first-order valence-electron chi connectivity index (χ1n) is 11.7. The molecule has 0 saturated heterocycles. The van der Waals surface area contributed by atoms with Gasteiger partial charge in [0.1, 0.15) is 16.9 Å². The fraction of sp³-hybridized carbons (Fsp3) is 0.308. The van der Waals surface area contributed by atoms with Gasteiger partial charge in [-0.1, -0.05) is 30.3 Å². The number of halogens is 1. The predicted molar refractivity (Wildman–Crippen MR) is 146 cm³/mol. The van der Waals surface area contributed by atoms with Gasteiger partial charge in [0.25, 0.3) is 0 Å². The van der Waals surface area contributed by atoms with Gasteiger partial charge in [0, 0.05) is 46.5 Å². The van der Waals surface area contributed by atoms with Crippen LogP contribution in [0.1, 0.15) is 52.1 Å². The van der Waals surface area contributed by atoms with E-state index in [2.05, 4.69) is 35.9 Å². The Labute approximate surface area is 220 Å². The molecule has 2 aromatic heterocycles. The van der Waals surface area contributed by atoms with Crippen LogP contribution in [0, 0.1) is 20.8 Å². The number of hydrogen-bond acceptors (Lipinski definition) is 7. The van der Waals surface area contributed by atoms with E-state index in [4.69, 9.17) is 22.3 Å². The lowest BCUT2D eigenvalue weighted by Crippen LogP contribution is -2.28. The third-order valence-electron chi connectivity index (χ3n) is 6.16. The van der Waals surface area contributed by atoms with Crippen molar-refractivity contribution in [2.45, 2.75) is 39.7 Å². The number of rotatable bonds is 9. The summed E-state index contributed by atoms with van der Waals surface area (Å²) in [5, 5.41) is 13.5. The summed E-state index contributed by atoms with van der Waals surface area (Å²) in [6.45, 7) is 11.1. The number of nitrogens with one attached hydrogen (secondary N) is 1. The molecule has 0 spiro atoms. The van der Waals surface area contributed by atoms with E-state index in [-0.39, 0.29) is 12.3 Å². The molecule has 0 aliphatic carbocycles. The van der Waals surface area contributed by atoms with Crippen molar-refractivity contribution in [3.8, 4) is 5.00 Å². The highest BCUT2D eigenvalue weighted by Gasteiger charge is 2.32. The van der Waals surface area contributed by atoms with E-state index in [1.165, 1.54) is 11.1 Å². The number of fused-ring (bicyclic) bond motifs is 3. The maximum atomic E-state index is 13.0. The highest BCUT2D eigenvalue weighted by atomic mass is 35.5. The Morgan fingerprint density at radius 2 is 2.03 bits per heavy atom. The van der Waals surface area contributed by atoms with Gasteiger partial charge in [-0.15, -0.1) is 21.5 Å². The van der Waals surface area contributed by atoms with Crippen molar-refractivity contribution in [3.63, 3.8) is 0 Å². The molecule has 3 N–H and O–H groups in total. The number of thiophene rings is 1. The summed E-state index contributed by atoms with van der Waals surface area (Å²) in [6.07, 6.45) is 5.81. The lowest BCUT2D eigenvalue weighted by molar-refractivity contribution is -0.121. The SMILES string of the molecule is C=CN(/C=C\N)CCCNC(=O)C[C@@H]1N=C(c2ccc(Cl)cc2)c2c(sc(C)c2C)-n2c(C)nnc21. The molecule has 36 heavy (non-hydrogen) atoms. The summed E-state index contributed by atoms with van der Waals surface area (Å²) in [4.78, 5) is 21.2. The highest BCUT2D eigenvalue weighted by Crippen LogP contribution is 2.39. The second-order valence-electron chi connectivity index (χ2n) is 8.57. The van der Waals surface area contributed by atoms with E-state index < -0.39 is 6.04 Å². The Kier molecular flexibility index (Phi) is 7.91. The zero-order valence-corrected chi connectivity index (χ0v) is 22.2. The number of nitrogens with zero attached hydrogens (tertiary/aromatic N) is 5. The molecule has 0 bridgehead atoms. The van der Waals surface area contributed by atoms with Gasteiger partial charge >= 0.3 is 0 Å². The zero-order valence-electron chi connectivity index (χ0n) is 20.7. The Balaban J connectivity index is 1.64. The lowest BCUT2D eigenvalue weighted by atomic mass is 9.99. The maximum Gasteiger partial charge on any atom is 0.222 e. The van der Waals surface area contributed by atoms with Gasteiger partial charge in [-0.2, -0.15) is 0 Å². The van der Waals surface area contributed by atoms with E-state index in [0.29, 0.717) is 23.9 Å². The topological polar surface area (TPSA) is 101 Å². The summed E-state index contributed by atoms with van der Waals surface area (Å²) in [5.41, 5.74) is 9.43. The summed E-state index contributed by atoms with van der Waals surface area (Å²) in [7, 11) is 0. The molecule has 10 heteroatoms. The number of aliphatic imine (C=N–C) groups is 1. The lowest BCUT2D eigenvalue weighted by Gasteiger charge is -2.15. The molecule has 1 atom stereocenters. The predicted octanol–water partition coefficient (Wildman–Crippen LogP) is 4.57. The Morgan fingerprint density at radius 1 is 1.28 bits per heavy atom. The average Bonchev–Trinajstić information content (AvgIpc) is 3.33. The summed E-state index contributed by atoms with van der Waals surface area (Å²) in [5.74, 6) is 1.34. The van der Waals surface area contributed by atoms with E-state index in [1.807, 2.05) is 40.7 Å². The molecule has 0 radical (unpaired) electrons. The minimum Gasteiger partial charge on any atom is -0.403 e. The number of nitrogens with two attached hydrogens (primary N) is 1. The molecule has 3 aromatic rings. The van der Waals surface area contributed by atoms with E-state index in [0.717, 1.165) is 39.6 Å². The van der Waals surface area contributed by atoms with Gasteiger partial charge in [0.2, 0.25) is 5.91 Å². The average molecular weight is 524 g/mol. The fourth-order valence-electron chi connectivity index (χ4n) is 4.21. The smallest absolute Gasteiger partial charge is 0.222 e. The van der Waals surface area contributed by atoms with Crippen LogP contribution in [0.15, 0.2) is 54.4 Å². The molecule has 0 saturated carbocycles. The third kappa shape index (κ3) is 5.22. The molecule has 0 unspecified atom stereocenters. The normalized spacial score (nSPS) is 14.7. The van der Waals surface area contributed by atoms with Crippen LogP contribution in [0.25, 0.3) is 5.00 Å². The van der Waals surface area contributed by atoms with Crippen LogP contribution in [0.5, 0.6) is 0 Å². The number of benzene rings is 1. The molecule has 0 fully saturated rings. The second-order valence-corrected chi connectivity index (χ2v) is 10.2. The highest BCUT2D eigenvalue weighted by molar-refractivity contribution is 7.15. The fourth-order valence-corrected chi connectivity index (χ4v) is 5.55. The molecule has 1 aliphatic rings. The van der Waals surface area contributed by atoms with Gasteiger partial charge in [-0.05, 0) is 51.1 Å². The minimum absolute atomic E-state index is 0.0934. The quantitative estimate of drug-likeness (QED) is 0.400. The molecule has 1 aliphatic heterocycles. The molecule has 188 valence electrons. The molecular formula is C26H30ClN7OS. The number of carbonyl (C=O) groups is 1. The Hall–Kier alpha value is -3.43. The van der Waals surface area contributed by atoms with Gasteiger partial charge in [0.05, 0.1) is 12.1 Å². The monoisotopic (exact) mass is 523 g/mol. The number of aromatic nitrogens is 3. The van der Waals surface area contributed by atoms with Crippen LogP contribution >= 0.6 is 22.9 Å². The standard InChI is InChI=1S/C26H30ClN7OS/c1-5-33(14-11-28)13-6-12-29-22(35)15-21-25-32-31-18(4)34(25)26-23(16(2)17(3)36-26)24(30-21)19-7-9-20(27)10-8-19/h5,7-11,14,21H,1,6,12-13,15,28H2,2-4H3,(H,29,35)/b14-11-/t21-/m0/s1. The number of hydrogen-bond donors (Lipinski definition) is 2. The van der Waals surface area contributed by atoms with Crippen molar-refractivity contribution in [2.24, 2.45) is 10.7 Å². The number of aryl methyl sites for hydroxylation is 2. The summed E-state index contributed by atoms with van der Waals surface area (Å²) < 4.78 is 2.05. The Bertz CT molecular complexity index is 1320. The molecule has 3 heterocycles. The van der Waals surface area contributed by atoms with Crippen molar-refractivity contribution in [2.75, 3.05) is 13.1 Å². The van der Waals surface area contributed by atoms with Crippen LogP contribution in [-0.4, -0.2) is 44.4 Å². The van der Waals surface area contributed by atoms with Crippen molar-refractivity contribution in [1.82, 2.24) is 25.0 Å². The Morgan fingerprint density at radius 3 is 2.72 bits per heavy atom. The van der Waals surface area contributed by atoms with Gasteiger partial charge < -0.3 is 16.0 Å². The molecular weight excluding hydrogens is 494 g/mol. The van der Waals surface area contributed by atoms with Crippen LogP contribution in [0.4, 0.5) is 0 Å². The molecule has 4 rings (SSSR count). The van der Waals surface area contributed by atoms with Crippen LogP contribution < -0.4 is 11.1 Å². The minimum atomic E-state index is -0.485. The van der Waals surface area contributed by atoms with Crippen molar-refractivity contribution >= 4 is 34.6 Å². The first-order valence-corrected chi connectivity index (χ1v) is 12.9. The zero-order chi connectivity index (χ0) is 25.8. The van der Waals surface area contributed by atoms with E-state index in [1.54, 1.807) is 23.7 Å². The number of amides is 1. The van der Waals surface area contributed by atoms with E-state index in [9.17, 15) is 4.79 Å². The third-order valence-corrected chi connectivity index (χ3v) is 7.61. The van der Waals surface area contributed by atoms with Gasteiger partial charge in [-0.25, -0.2) is 0 Å².